The Balaban J connectivity index is 2.35. The van der Waals surface area contributed by atoms with Crippen molar-refractivity contribution >= 4 is 16.6 Å². The second-order valence-electron chi connectivity index (χ2n) is 4.39. The molecular weight excluding hydrogens is 220 g/mol. The lowest BCUT2D eigenvalue weighted by Gasteiger charge is -2.01. The molecule has 5 nitrogen and oxygen atoms in total. The molecule has 1 heterocycles. The van der Waals surface area contributed by atoms with Crippen LogP contribution >= 0.6 is 0 Å². The number of aromatic nitrogens is 1. The zero-order valence-electron chi connectivity index (χ0n) is 9.47. The molecule has 0 amide bonds. The van der Waals surface area contributed by atoms with Crippen LogP contribution in [-0.4, -0.2) is 10.1 Å². The number of fused-ring (bicyclic) bond motifs is 1. The Morgan fingerprint density at radius 1 is 1.53 bits per heavy atom. The van der Waals surface area contributed by atoms with E-state index in [1.807, 2.05) is 19.1 Å². The predicted molar refractivity (Wildman–Crippen MR) is 62.0 cm³/mol. The van der Waals surface area contributed by atoms with E-state index < -0.39 is 0 Å². The van der Waals surface area contributed by atoms with Gasteiger partial charge in [0.2, 0.25) is 0 Å². The Labute approximate surface area is 97.6 Å². The highest BCUT2D eigenvalue weighted by atomic mass is 16.6. The van der Waals surface area contributed by atoms with Crippen molar-refractivity contribution in [3.63, 3.8) is 0 Å². The van der Waals surface area contributed by atoms with Gasteiger partial charge in [-0.3, -0.25) is 10.1 Å². The van der Waals surface area contributed by atoms with Gasteiger partial charge in [0.1, 0.15) is 10.9 Å². The number of aryl methyl sites for hydroxylation is 1. The summed E-state index contributed by atoms with van der Waals surface area (Å²) in [5.74, 6) is 0.952. The fraction of sp³-hybridized carbons (Fsp3) is 0.417. The molecule has 1 fully saturated rings. The summed E-state index contributed by atoms with van der Waals surface area (Å²) in [7, 11) is 0. The van der Waals surface area contributed by atoms with Crippen molar-refractivity contribution in [2.75, 3.05) is 0 Å². The molecule has 2 aromatic rings. The van der Waals surface area contributed by atoms with Crippen LogP contribution in [0.5, 0.6) is 0 Å². The van der Waals surface area contributed by atoms with Crippen LogP contribution in [0, 0.1) is 10.1 Å². The molecule has 1 saturated carbocycles. The van der Waals surface area contributed by atoms with E-state index in [4.69, 9.17) is 4.52 Å². The van der Waals surface area contributed by atoms with Crippen molar-refractivity contribution in [2.24, 2.45) is 0 Å². The van der Waals surface area contributed by atoms with Gasteiger partial charge in [0, 0.05) is 12.0 Å². The van der Waals surface area contributed by atoms with Gasteiger partial charge in [0.05, 0.1) is 4.92 Å². The van der Waals surface area contributed by atoms with Gasteiger partial charge in [-0.15, -0.1) is 0 Å². The first kappa shape index (κ1) is 10.3. The summed E-state index contributed by atoms with van der Waals surface area (Å²) in [5, 5.41) is 15.7. The third-order valence-corrected chi connectivity index (χ3v) is 3.24. The number of rotatable bonds is 3. The van der Waals surface area contributed by atoms with Gasteiger partial charge < -0.3 is 4.52 Å². The molecule has 1 aromatic carbocycles. The normalized spacial score (nSPS) is 15.4. The largest absolute Gasteiger partial charge is 0.360 e. The van der Waals surface area contributed by atoms with Crippen LogP contribution in [-0.2, 0) is 6.42 Å². The van der Waals surface area contributed by atoms with Crippen LogP contribution in [0.2, 0.25) is 0 Å². The van der Waals surface area contributed by atoms with Crippen LogP contribution in [0.25, 0.3) is 10.9 Å². The van der Waals surface area contributed by atoms with Crippen LogP contribution in [0.3, 0.4) is 0 Å². The number of benzene rings is 1. The Hall–Kier alpha value is -1.91. The maximum atomic E-state index is 11.3. The molecule has 0 bridgehead atoms. The van der Waals surface area contributed by atoms with Gasteiger partial charge in [-0.25, -0.2) is 0 Å². The number of hydrogen-bond acceptors (Lipinski definition) is 4. The molecule has 1 aromatic heterocycles. The van der Waals surface area contributed by atoms with Gasteiger partial charge >= 0.3 is 0 Å². The molecule has 0 unspecified atom stereocenters. The van der Waals surface area contributed by atoms with Gasteiger partial charge in [0.15, 0.2) is 5.76 Å². The average Bonchev–Trinajstić information content (AvgIpc) is 3.07. The lowest BCUT2D eigenvalue weighted by molar-refractivity contribution is -0.383. The lowest BCUT2D eigenvalue weighted by Crippen LogP contribution is -1.96. The van der Waals surface area contributed by atoms with E-state index >= 15 is 0 Å². The molecular formula is C12H12N2O3. The first-order chi connectivity index (χ1) is 8.22. The number of nitro benzene ring substituents is 1. The average molecular weight is 232 g/mol. The van der Waals surface area contributed by atoms with Crippen molar-refractivity contribution in [1.82, 2.24) is 5.16 Å². The maximum absolute atomic E-state index is 11.3. The van der Waals surface area contributed by atoms with Gasteiger partial charge in [-0.05, 0) is 30.9 Å². The molecule has 0 N–H and O–H groups in total. The van der Waals surface area contributed by atoms with Crippen LogP contribution < -0.4 is 0 Å². The van der Waals surface area contributed by atoms with Crippen molar-refractivity contribution in [3.8, 4) is 0 Å². The van der Waals surface area contributed by atoms with E-state index in [-0.39, 0.29) is 10.6 Å². The summed E-state index contributed by atoms with van der Waals surface area (Å²) < 4.78 is 5.16. The molecule has 0 atom stereocenters. The third-order valence-electron chi connectivity index (χ3n) is 3.24. The SMILES string of the molecule is CCc1onc2ccc(C3CC3)c([N+](=O)[O-])c12. The molecule has 1 aliphatic rings. The first-order valence-corrected chi connectivity index (χ1v) is 5.78. The Morgan fingerprint density at radius 2 is 2.29 bits per heavy atom. The van der Waals surface area contributed by atoms with Crippen LogP contribution in [0.1, 0.15) is 37.0 Å². The topological polar surface area (TPSA) is 69.2 Å². The van der Waals surface area contributed by atoms with Gasteiger partial charge in [-0.2, -0.15) is 0 Å². The third kappa shape index (κ3) is 1.50. The molecule has 88 valence electrons. The van der Waals surface area contributed by atoms with Crippen molar-refractivity contribution in [2.45, 2.75) is 32.1 Å². The number of nitrogens with zero attached hydrogens (tertiary/aromatic N) is 2. The fourth-order valence-corrected chi connectivity index (χ4v) is 2.26. The molecule has 0 radical (unpaired) electrons. The van der Waals surface area contributed by atoms with E-state index in [1.54, 1.807) is 0 Å². The number of hydrogen-bond donors (Lipinski definition) is 0. The molecule has 17 heavy (non-hydrogen) atoms. The van der Waals surface area contributed by atoms with E-state index in [0.29, 0.717) is 29.0 Å². The zero-order valence-corrected chi connectivity index (χ0v) is 9.47. The monoisotopic (exact) mass is 232 g/mol. The van der Waals surface area contributed by atoms with E-state index in [9.17, 15) is 10.1 Å². The van der Waals surface area contributed by atoms with Crippen molar-refractivity contribution in [1.29, 1.82) is 0 Å². The fourth-order valence-electron chi connectivity index (χ4n) is 2.26. The second-order valence-corrected chi connectivity index (χ2v) is 4.39. The Kier molecular flexibility index (Phi) is 2.14. The summed E-state index contributed by atoms with van der Waals surface area (Å²) in [4.78, 5) is 11.0. The molecule has 3 rings (SSSR count). The Morgan fingerprint density at radius 3 is 2.88 bits per heavy atom. The van der Waals surface area contributed by atoms with Crippen molar-refractivity contribution in [3.05, 3.63) is 33.6 Å². The summed E-state index contributed by atoms with van der Waals surface area (Å²) in [6.07, 6.45) is 2.70. The lowest BCUT2D eigenvalue weighted by atomic mass is 10.0. The van der Waals surface area contributed by atoms with Gasteiger partial charge in [-0.1, -0.05) is 12.1 Å². The molecule has 0 spiro atoms. The predicted octanol–water partition coefficient (Wildman–Crippen LogP) is 3.18. The zero-order chi connectivity index (χ0) is 12.0. The van der Waals surface area contributed by atoms with Crippen molar-refractivity contribution < 1.29 is 9.45 Å². The van der Waals surface area contributed by atoms with E-state index in [0.717, 1.165) is 18.4 Å². The molecule has 0 saturated heterocycles. The summed E-state index contributed by atoms with van der Waals surface area (Å²) in [6, 6.07) is 3.64. The quantitative estimate of drug-likeness (QED) is 0.602. The maximum Gasteiger partial charge on any atom is 0.285 e. The van der Waals surface area contributed by atoms with E-state index in [1.165, 1.54) is 0 Å². The van der Waals surface area contributed by atoms with Crippen LogP contribution in [0.15, 0.2) is 16.7 Å². The van der Waals surface area contributed by atoms with E-state index in [2.05, 4.69) is 5.16 Å². The smallest absolute Gasteiger partial charge is 0.285 e. The summed E-state index contributed by atoms with van der Waals surface area (Å²) >= 11 is 0. The highest BCUT2D eigenvalue weighted by molar-refractivity contribution is 5.91. The standard InChI is InChI=1S/C12H12N2O3/c1-2-10-11-9(13-17-10)6-5-8(7-3-4-7)12(11)14(15)16/h5-7H,2-4H2,1H3. The van der Waals surface area contributed by atoms with Gasteiger partial charge in [0.25, 0.3) is 5.69 Å². The second kappa shape index (κ2) is 3.55. The van der Waals surface area contributed by atoms with Crippen LogP contribution in [0.4, 0.5) is 5.69 Å². The first-order valence-electron chi connectivity index (χ1n) is 5.78. The highest BCUT2D eigenvalue weighted by Gasteiger charge is 2.33. The minimum Gasteiger partial charge on any atom is -0.360 e. The minimum absolute atomic E-state index is 0.197. The summed E-state index contributed by atoms with van der Waals surface area (Å²) in [5.41, 5.74) is 1.61. The minimum atomic E-state index is -0.299. The highest BCUT2D eigenvalue weighted by Crippen LogP contribution is 2.46. The number of nitro groups is 1. The molecule has 0 aliphatic heterocycles. The molecule has 5 heteroatoms. The summed E-state index contributed by atoms with van der Waals surface area (Å²) in [6.45, 7) is 1.91. The molecule has 1 aliphatic carbocycles. The Bertz CT molecular complexity index is 599.